The minimum Gasteiger partial charge on any atom is -0.484 e. The number of nitrogens with zero attached hydrogens (tertiary/aromatic N) is 1. The Labute approximate surface area is 161 Å². The summed E-state index contributed by atoms with van der Waals surface area (Å²) in [6.07, 6.45) is 1.85. The molecule has 1 atom stereocenters. The third-order valence-corrected chi connectivity index (χ3v) is 5.47. The lowest BCUT2D eigenvalue weighted by Gasteiger charge is -2.34. The monoisotopic (exact) mass is 419 g/mol. The number of hydrogen-bond donors (Lipinski definition) is 0. The van der Waals surface area contributed by atoms with E-state index in [-0.39, 0.29) is 24.7 Å². The maximum Gasteiger partial charge on any atom is 0.260 e. The SMILES string of the molecule is O=C(COc1ccc2cc(Br)ccc2c1)N1CCCC(C2OCCO2)C1. The lowest BCUT2D eigenvalue weighted by atomic mass is 9.97. The number of benzene rings is 2. The molecular formula is C20H22BrNO4. The second-order valence-corrected chi connectivity index (χ2v) is 7.71. The molecule has 2 aromatic rings. The zero-order valence-corrected chi connectivity index (χ0v) is 16.1. The van der Waals surface area contributed by atoms with Crippen molar-refractivity contribution in [3.63, 3.8) is 0 Å². The van der Waals surface area contributed by atoms with Crippen LogP contribution in [0.5, 0.6) is 5.75 Å². The van der Waals surface area contributed by atoms with E-state index >= 15 is 0 Å². The maximum atomic E-state index is 12.6. The molecule has 4 rings (SSSR count). The molecule has 0 N–H and O–H groups in total. The Kier molecular flexibility index (Phi) is 5.43. The zero-order valence-electron chi connectivity index (χ0n) is 14.5. The molecular weight excluding hydrogens is 398 g/mol. The molecule has 0 bridgehead atoms. The van der Waals surface area contributed by atoms with Gasteiger partial charge in [-0.3, -0.25) is 4.79 Å². The van der Waals surface area contributed by atoms with Gasteiger partial charge < -0.3 is 19.1 Å². The van der Waals surface area contributed by atoms with E-state index < -0.39 is 0 Å². The minimum atomic E-state index is -0.161. The summed E-state index contributed by atoms with van der Waals surface area (Å²) in [6, 6.07) is 12.0. The van der Waals surface area contributed by atoms with Crippen LogP contribution < -0.4 is 4.74 Å². The maximum absolute atomic E-state index is 12.6. The molecule has 0 radical (unpaired) electrons. The Morgan fingerprint density at radius 3 is 2.77 bits per heavy atom. The average Bonchev–Trinajstić information content (AvgIpc) is 3.21. The van der Waals surface area contributed by atoms with Crippen molar-refractivity contribution >= 4 is 32.6 Å². The second kappa shape index (κ2) is 7.94. The van der Waals surface area contributed by atoms with Crippen LogP contribution in [0, 0.1) is 5.92 Å². The summed E-state index contributed by atoms with van der Waals surface area (Å²) in [5, 5.41) is 2.22. The van der Waals surface area contributed by atoms with Gasteiger partial charge in [0.05, 0.1) is 13.2 Å². The molecule has 2 aliphatic rings. The van der Waals surface area contributed by atoms with Crippen molar-refractivity contribution in [3.8, 4) is 5.75 Å². The smallest absolute Gasteiger partial charge is 0.260 e. The van der Waals surface area contributed by atoms with Gasteiger partial charge in [0.2, 0.25) is 0 Å². The van der Waals surface area contributed by atoms with Gasteiger partial charge in [-0.05, 0) is 47.9 Å². The summed E-state index contributed by atoms with van der Waals surface area (Å²) in [5.41, 5.74) is 0. The van der Waals surface area contributed by atoms with Crippen LogP contribution in [0.15, 0.2) is 40.9 Å². The number of ether oxygens (including phenoxy) is 3. The van der Waals surface area contributed by atoms with Crippen LogP contribution in [0.3, 0.4) is 0 Å². The number of halogens is 1. The predicted octanol–water partition coefficient (Wildman–Crippen LogP) is 3.59. The third-order valence-electron chi connectivity index (χ3n) is 4.98. The first-order chi connectivity index (χ1) is 12.7. The number of rotatable bonds is 4. The van der Waals surface area contributed by atoms with Crippen LogP contribution in [0.25, 0.3) is 10.8 Å². The number of piperidine rings is 1. The van der Waals surface area contributed by atoms with E-state index in [1.54, 1.807) is 0 Å². The van der Waals surface area contributed by atoms with Gasteiger partial charge in [-0.15, -0.1) is 0 Å². The van der Waals surface area contributed by atoms with Gasteiger partial charge in [-0.1, -0.05) is 28.1 Å². The van der Waals surface area contributed by atoms with Crippen molar-refractivity contribution in [1.82, 2.24) is 4.90 Å². The van der Waals surface area contributed by atoms with Crippen molar-refractivity contribution in [1.29, 1.82) is 0 Å². The fourth-order valence-electron chi connectivity index (χ4n) is 3.63. The molecule has 6 heteroatoms. The Morgan fingerprint density at radius 2 is 1.92 bits per heavy atom. The molecule has 1 amide bonds. The van der Waals surface area contributed by atoms with Gasteiger partial charge in [0.1, 0.15) is 5.75 Å². The summed E-state index contributed by atoms with van der Waals surface area (Å²) < 4.78 is 18.0. The van der Waals surface area contributed by atoms with Crippen LogP contribution in [0.4, 0.5) is 0 Å². The van der Waals surface area contributed by atoms with Crippen molar-refractivity contribution in [2.75, 3.05) is 32.9 Å². The van der Waals surface area contributed by atoms with E-state index in [0.29, 0.717) is 25.5 Å². The summed E-state index contributed by atoms with van der Waals surface area (Å²) in [5.74, 6) is 0.988. The van der Waals surface area contributed by atoms with Crippen molar-refractivity contribution in [2.45, 2.75) is 19.1 Å². The number of carbonyl (C=O) groups excluding carboxylic acids is 1. The zero-order chi connectivity index (χ0) is 17.9. The summed E-state index contributed by atoms with van der Waals surface area (Å²) in [7, 11) is 0. The van der Waals surface area contributed by atoms with E-state index in [0.717, 1.165) is 34.6 Å². The lowest BCUT2D eigenvalue weighted by molar-refractivity contribution is -0.141. The highest BCUT2D eigenvalue weighted by atomic mass is 79.9. The fourth-order valence-corrected chi connectivity index (χ4v) is 4.01. The Balaban J connectivity index is 1.35. The summed E-state index contributed by atoms with van der Waals surface area (Å²) >= 11 is 3.47. The van der Waals surface area contributed by atoms with E-state index in [2.05, 4.69) is 22.0 Å². The Bertz CT molecular complexity index is 790. The van der Waals surface area contributed by atoms with E-state index in [1.165, 1.54) is 0 Å². The quantitative estimate of drug-likeness (QED) is 0.759. The fraction of sp³-hybridized carbons (Fsp3) is 0.450. The Morgan fingerprint density at radius 1 is 1.15 bits per heavy atom. The van der Waals surface area contributed by atoms with Gasteiger partial charge in [-0.25, -0.2) is 0 Å². The first-order valence-electron chi connectivity index (χ1n) is 9.02. The van der Waals surface area contributed by atoms with Crippen LogP contribution in [-0.2, 0) is 14.3 Å². The number of fused-ring (bicyclic) bond motifs is 1. The number of likely N-dealkylation sites (tertiary alicyclic amines) is 1. The molecule has 0 spiro atoms. The first-order valence-corrected chi connectivity index (χ1v) is 9.81. The van der Waals surface area contributed by atoms with Gasteiger partial charge in [-0.2, -0.15) is 0 Å². The largest absolute Gasteiger partial charge is 0.484 e. The summed E-state index contributed by atoms with van der Waals surface area (Å²) in [4.78, 5) is 14.4. The van der Waals surface area contributed by atoms with Crippen molar-refractivity contribution < 1.29 is 19.0 Å². The van der Waals surface area contributed by atoms with E-state index in [4.69, 9.17) is 14.2 Å². The standard InChI is InChI=1S/C20H22BrNO4/c21-17-5-3-15-11-18(6-4-14(15)10-17)26-13-19(23)22-7-1-2-16(12-22)20-24-8-9-25-20/h3-6,10-11,16,20H,1-2,7-9,12-13H2. The van der Waals surface area contributed by atoms with E-state index in [9.17, 15) is 4.79 Å². The van der Waals surface area contributed by atoms with Gasteiger partial charge in [0, 0.05) is 23.5 Å². The van der Waals surface area contributed by atoms with Gasteiger partial charge >= 0.3 is 0 Å². The van der Waals surface area contributed by atoms with Crippen LogP contribution in [0.1, 0.15) is 12.8 Å². The second-order valence-electron chi connectivity index (χ2n) is 6.79. The topological polar surface area (TPSA) is 48.0 Å². The van der Waals surface area contributed by atoms with Gasteiger partial charge in [0.25, 0.3) is 5.91 Å². The van der Waals surface area contributed by atoms with Crippen LogP contribution >= 0.6 is 15.9 Å². The van der Waals surface area contributed by atoms with E-state index in [1.807, 2.05) is 35.2 Å². The third kappa shape index (κ3) is 4.03. The highest BCUT2D eigenvalue weighted by Crippen LogP contribution is 2.26. The molecule has 0 aromatic heterocycles. The molecule has 26 heavy (non-hydrogen) atoms. The molecule has 0 aliphatic carbocycles. The molecule has 2 aliphatic heterocycles. The lowest BCUT2D eigenvalue weighted by Crippen LogP contribution is -2.45. The molecule has 0 saturated carbocycles. The average molecular weight is 420 g/mol. The van der Waals surface area contributed by atoms with Crippen molar-refractivity contribution in [3.05, 3.63) is 40.9 Å². The molecule has 2 fully saturated rings. The Hall–Kier alpha value is -1.63. The summed E-state index contributed by atoms with van der Waals surface area (Å²) in [6.45, 7) is 2.81. The molecule has 1 unspecified atom stereocenters. The highest BCUT2D eigenvalue weighted by Gasteiger charge is 2.32. The van der Waals surface area contributed by atoms with Crippen LogP contribution in [0.2, 0.25) is 0 Å². The van der Waals surface area contributed by atoms with Crippen LogP contribution in [-0.4, -0.2) is 50.0 Å². The number of carbonyl (C=O) groups is 1. The molecule has 2 saturated heterocycles. The van der Waals surface area contributed by atoms with Gasteiger partial charge in [0.15, 0.2) is 12.9 Å². The molecule has 138 valence electrons. The normalized spacial score (nSPS) is 21.3. The predicted molar refractivity (Wildman–Crippen MR) is 102 cm³/mol. The van der Waals surface area contributed by atoms with Crippen molar-refractivity contribution in [2.24, 2.45) is 5.92 Å². The number of hydrogen-bond acceptors (Lipinski definition) is 4. The first kappa shape index (κ1) is 17.8. The molecule has 5 nitrogen and oxygen atoms in total. The molecule has 2 aromatic carbocycles. The minimum absolute atomic E-state index is 0.0172. The highest BCUT2D eigenvalue weighted by molar-refractivity contribution is 9.10. The molecule has 2 heterocycles. The number of amides is 1.